The molecule has 1 aromatic carbocycles. The van der Waals surface area contributed by atoms with E-state index >= 15 is 0 Å². The smallest absolute Gasteiger partial charge is 0.309 e. The van der Waals surface area contributed by atoms with Gasteiger partial charge in [0.05, 0.1) is 12.5 Å². The van der Waals surface area contributed by atoms with E-state index in [2.05, 4.69) is 0 Å². The Labute approximate surface area is 154 Å². The van der Waals surface area contributed by atoms with Crippen molar-refractivity contribution in [3.8, 4) is 5.75 Å². The molecule has 3 rings (SSSR count). The Kier molecular flexibility index (Phi) is 5.49. The first-order valence-electron chi connectivity index (χ1n) is 9.38. The van der Waals surface area contributed by atoms with Crippen LogP contribution >= 0.6 is 0 Å². The molecule has 4 heteroatoms. The zero-order valence-electron chi connectivity index (χ0n) is 16.0. The molecule has 3 unspecified atom stereocenters. The van der Waals surface area contributed by atoms with Gasteiger partial charge in [0.1, 0.15) is 17.7 Å². The Morgan fingerprint density at radius 1 is 1.19 bits per heavy atom. The number of hydrogen-bond acceptors (Lipinski definition) is 3. The van der Waals surface area contributed by atoms with Gasteiger partial charge in [-0.2, -0.15) is 0 Å². The molecule has 0 heterocycles. The van der Waals surface area contributed by atoms with Crippen LogP contribution in [0.5, 0.6) is 5.75 Å². The first-order valence-corrected chi connectivity index (χ1v) is 9.38. The van der Waals surface area contributed by atoms with Crippen LogP contribution in [0, 0.1) is 5.92 Å². The van der Waals surface area contributed by atoms with Crippen LogP contribution in [0.15, 0.2) is 46.8 Å². The summed E-state index contributed by atoms with van der Waals surface area (Å²) >= 11 is 0. The highest BCUT2D eigenvalue weighted by atomic mass is 19.1. The lowest BCUT2D eigenvalue weighted by atomic mass is 10.0. The maximum Gasteiger partial charge on any atom is 0.309 e. The van der Waals surface area contributed by atoms with Crippen molar-refractivity contribution in [2.75, 3.05) is 6.61 Å². The number of halogens is 1. The molecule has 0 spiro atoms. The van der Waals surface area contributed by atoms with Crippen LogP contribution in [0.3, 0.4) is 0 Å². The molecular weight excluding hydrogens is 331 g/mol. The molecule has 0 amide bonds. The van der Waals surface area contributed by atoms with Crippen molar-refractivity contribution in [2.24, 2.45) is 5.92 Å². The quantitative estimate of drug-likeness (QED) is 0.654. The Hall–Kier alpha value is -2.10. The molecule has 0 saturated heterocycles. The minimum absolute atomic E-state index is 0.0134. The van der Waals surface area contributed by atoms with E-state index in [4.69, 9.17) is 9.47 Å². The summed E-state index contributed by atoms with van der Waals surface area (Å²) < 4.78 is 25.2. The third kappa shape index (κ3) is 3.84. The second-order valence-electron chi connectivity index (χ2n) is 7.34. The van der Waals surface area contributed by atoms with Crippen molar-refractivity contribution in [1.82, 2.24) is 0 Å². The van der Waals surface area contributed by atoms with E-state index in [1.54, 1.807) is 0 Å². The molecule has 2 saturated carbocycles. The molecule has 0 aromatic heterocycles. The van der Waals surface area contributed by atoms with Gasteiger partial charge in [-0.3, -0.25) is 4.79 Å². The normalized spacial score (nSPS) is 26.5. The number of hydrogen-bond donors (Lipinski definition) is 0. The van der Waals surface area contributed by atoms with Gasteiger partial charge in [0.15, 0.2) is 0 Å². The Morgan fingerprint density at radius 2 is 1.88 bits per heavy atom. The maximum atomic E-state index is 14.1. The summed E-state index contributed by atoms with van der Waals surface area (Å²) in [6, 6.07) is 7.84. The fourth-order valence-electron chi connectivity index (χ4n) is 3.85. The number of carbonyl (C=O) groups is 1. The lowest BCUT2D eigenvalue weighted by molar-refractivity contribution is -0.144. The van der Waals surface area contributed by atoms with Crippen molar-refractivity contribution < 1.29 is 18.7 Å². The van der Waals surface area contributed by atoms with E-state index in [1.165, 1.54) is 6.92 Å². The van der Waals surface area contributed by atoms with Crippen molar-refractivity contribution in [2.45, 2.75) is 59.0 Å². The van der Waals surface area contributed by atoms with Crippen molar-refractivity contribution in [3.05, 3.63) is 52.4 Å². The van der Waals surface area contributed by atoms with Crippen LogP contribution in [0.4, 0.5) is 4.39 Å². The highest BCUT2D eigenvalue weighted by Gasteiger charge is 2.45. The second kappa shape index (κ2) is 7.65. The molecule has 140 valence electrons. The summed E-state index contributed by atoms with van der Waals surface area (Å²) in [6.45, 7) is 7.79. The molecule has 2 aliphatic carbocycles. The van der Waals surface area contributed by atoms with Gasteiger partial charge in [-0.1, -0.05) is 17.7 Å². The highest BCUT2D eigenvalue weighted by molar-refractivity contribution is 5.77. The summed E-state index contributed by atoms with van der Waals surface area (Å²) in [5.74, 6) is 0.707. The van der Waals surface area contributed by atoms with E-state index in [9.17, 15) is 9.18 Å². The SMILES string of the molecule is CCOC(=O)C1CC1c1ccc(OC2CCC(=C(C)C)C2=C(C)F)cc1. The van der Waals surface area contributed by atoms with Gasteiger partial charge in [0, 0.05) is 5.57 Å². The molecular formula is C22H27FO3. The highest BCUT2D eigenvalue weighted by Crippen LogP contribution is 2.48. The monoisotopic (exact) mass is 358 g/mol. The van der Waals surface area contributed by atoms with Crippen LogP contribution in [-0.2, 0) is 9.53 Å². The summed E-state index contributed by atoms with van der Waals surface area (Å²) in [6.07, 6.45) is 2.26. The van der Waals surface area contributed by atoms with Gasteiger partial charge in [0.25, 0.3) is 0 Å². The number of rotatable bonds is 5. The van der Waals surface area contributed by atoms with E-state index in [1.807, 2.05) is 45.0 Å². The number of allylic oxidation sites excluding steroid dienone is 2. The summed E-state index contributed by atoms with van der Waals surface area (Å²) in [5.41, 5.74) is 4.07. The zero-order chi connectivity index (χ0) is 18.8. The molecule has 0 N–H and O–H groups in total. The lowest BCUT2D eigenvalue weighted by Gasteiger charge is -2.17. The first kappa shape index (κ1) is 18.7. The van der Waals surface area contributed by atoms with Crippen LogP contribution < -0.4 is 4.74 Å². The van der Waals surface area contributed by atoms with Gasteiger partial charge in [-0.25, -0.2) is 4.39 Å². The summed E-state index contributed by atoms with van der Waals surface area (Å²) in [7, 11) is 0. The summed E-state index contributed by atoms with van der Waals surface area (Å²) in [4.78, 5) is 11.8. The van der Waals surface area contributed by atoms with E-state index < -0.39 is 0 Å². The fraction of sp³-hybridized carbons (Fsp3) is 0.500. The average Bonchev–Trinajstić information content (AvgIpc) is 3.28. The van der Waals surface area contributed by atoms with Gasteiger partial charge < -0.3 is 9.47 Å². The molecule has 3 nitrogen and oxygen atoms in total. The van der Waals surface area contributed by atoms with Crippen LogP contribution in [0.25, 0.3) is 0 Å². The minimum atomic E-state index is -0.232. The molecule has 0 aliphatic heterocycles. The third-order valence-corrected chi connectivity index (χ3v) is 5.24. The topological polar surface area (TPSA) is 35.5 Å². The molecule has 0 bridgehead atoms. The fourth-order valence-corrected chi connectivity index (χ4v) is 3.85. The lowest BCUT2D eigenvalue weighted by Crippen LogP contribution is -2.15. The van der Waals surface area contributed by atoms with Crippen molar-refractivity contribution >= 4 is 5.97 Å². The van der Waals surface area contributed by atoms with Gasteiger partial charge in [-0.05, 0) is 76.1 Å². The Balaban J connectivity index is 1.67. The standard InChI is InChI=1S/C22H27FO3/c1-5-25-22(24)19-12-18(19)15-6-8-16(9-7-15)26-20-11-10-17(13(2)3)21(20)14(4)23/h6-9,18-20H,5,10-12H2,1-4H3. The number of carbonyl (C=O) groups excluding carboxylic acids is 1. The van der Waals surface area contributed by atoms with Crippen molar-refractivity contribution in [1.29, 1.82) is 0 Å². The Bertz CT molecular complexity index is 737. The van der Waals surface area contributed by atoms with Gasteiger partial charge >= 0.3 is 5.97 Å². The molecule has 0 radical (unpaired) electrons. The van der Waals surface area contributed by atoms with E-state index in [0.717, 1.165) is 41.7 Å². The summed E-state index contributed by atoms with van der Waals surface area (Å²) in [5, 5.41) is 0. The minimum Gasteiger partial charge on any atom is -0.486 e. The predicted octanol–water partition coefficient (Wildman–Crippen LogP) is 5.47. The molecule has 2 fully saturated rings. The van der Waals surface area contributed by atoms with Crippen LogP contribution in [-0.4, -0.2) is 18.7 Å². The van der Waals surface area contributed by atoms with Gasteiger partial charge in [-0.15, -0.1) is 0 Å². The third-order valence-electron chi connectivity index (χ3n) is 5.24. The predicted molar refractivity (Wildman–Crippen MR) is 99.8 cm³/mol. The Morgan fingerprint density at radius 3 is 2.46 bits per heavy atom. The van der Waals surface area contributed by atoms with E-state index in [0.29, 0.717) is 12.2 Å². The number of esters is 1. The molecule has 3 atom stereocenters. The van der Waals surface area contributed by atoms with E-state index in [-0.39, 0.29) is 29.7 Å². The first-order chi connectivity index (χ1) is 12.4. The number of ether oxygens (including phenoxy) is 2. The molecule has 2 aliphatic rings. The number of benzene rings is 1. The van der Waals surface area contributed by atoms with Crippen molar-refractivity contribution in [3.63, 3.8) is 0 Å². The van der Waals surface area contributed by atoms with Crippen LogP contribution in [0.2, 0.25) is 0 Å². The zero-order valence-corrected chi connectivity index (χ0v) is 16.0. The molecule has 1 aromatic rings. The maximum absolute atomic E-state index is 14.1. The largest absolute Gasteiger partial charge is 0.486 e. The van der Waals surface area contributed by atoms with Crippen LogP contribution in [0.1, 0.15) is 58.4 Å². The molecule has 26 heavy (non-hydrogen) atoms. The average molecular weight is 358 g/mol. The second-order valence-corrected chi connectivity index (χ2v) is 7.34. The van der Waals surface area contributed by atoms with Gasteiger partial charge in [0.2, 0.25) is 0 Å².